The van der Waals surface area contributed by atoms with E-state index in [4.69, 9.17) is 16.7 Å². The van der Waals surface area contributed by atoms with E-state index < -0.39 is 18.4 Å². The van der Waals surface area contributed by atoms with Crippen LogP contribution in [0, 0.1) is 0 Å². The summed E-state index contributed by atoms with van der Waals surface area (Å²) in [6, 6.07) is 9.18. The number of aliphatic hydroxyl groups is 1. The first-order valence-electron chi connectivity index (χ1n) is 6.24. The Bertz CT molecular complexity index is 714. The van der Waals surface area contributed by atoms with Crippen molar-refractivity contribution in [2.45, 2.75) is 12.5 Å². The lowest BCUT2D eigenvalue weighted by Crippen LogP contribution is -2.16. The Kier molecular flexibility index (Phi) is 4.82. The Morgan fingerprint density at radius 2 is 1.74 bits per heavy atom. The highest BCUT2D eigenvalue weighted by Crippen LogP contribution is 2.32. The Hall–Kier alpha value is -2.25. The number of carbonyl (C=O) groups is 1. The largest absolute Gasteiger partial charge is 0.573 e. The van der Waals surface area contributed by atoms with E-state index in [2.05, 4.69) is 4.74 Å². The van der Waals surface area contributed by atoms with E-state index in [1.807, 2.05) is 0 Å². The second kappa shape index (κ2) is 6.47. The topological polar surface area (TPSA) is 66.8 Å². The number of halogens is 4. The maximum Gasteiger partial charge on any atom is 0.573 e. The van der Waals surface area contributed by atoms with Crippen LogP contribution in [0.2, 0.25) is 5.02 Å². The number of hydrogen-bond donors (Lipinski definition) is 2. The molecule has 0 bridgehead atoms. The van der Waals surface area contributed by atoms with Crippen LogP contribution in [0.25, 0.3) is 11.1 Å². The second-order valence-electron chi connectivity index (χ2n) is 4.55. The summed E-state index contributed by atoms with van der Waals surface area (Å²) in [5.74, 6) is -1.78. The highest BCUT2D eigenvalue weighted by atomic mass is 35.5. The fourth-order valence-corrected chi connectivity index (χ4v) is 2.21. The van der Waals surface area contributed by atoms with Gasteiger partial charge in [-0.1, -0.05) is 35.9 Å². The number of carboxylic acid groups (broad SMARTS) is 1. The monoisotopic (exact) mass is 346 g/mol. The van der Waals surface area contributed by atoms with Crippen LogP contribution in [0.3, 0.4) is 0 Å². The van der Waals surface area contributed by atoms with Crippen LogP contribution in [-0.2, 0) is 4.79 Å². The normalized spacial score (nSPS) is 12.7. The average Bonchev–Trinajstić information content (AvgIpc) is 2.45. The maximum atomic E-state index is 12.1. The molecule has 1 atom stereocenters. The fraction of sp³-hybridized carbons (Fsp3) is 0.133. The number of benzene rings is 2. The van der Waals surface area contributed by atoms with Crippen molar-refractivity contribution in [2.75, 3.05) is 0 Å². The molecule has 122 valence electrons. The number of hydrogen-bond acceptors (Lipinski definition) is 3. The van der Waals surface area contributed by atoms with Gasteiger partial charge in [0.05, 0.1) is 0 Å². The first-order chi connectivity index (χ1) is 10.7. The highest BCUT2D eigenvalue weighted by molar-refractivity contribution is 6.33. The molecule has 0 spiro atoms. The van der Waals surface area contributed by atoms with Gasteiger partial charge in [0, 0.05) is 10.6 Å². The average molecular weight is 347 g/mol. The lowest BCUT2D eigenvalue weighted by atomic mass is 10.0. The van der Waals surface area contributed by atoms with Gasteiger partial charge in [-0.15, -0.1) is 13.2 Å². The quantitative estimate of drug-likeness (QED) is 0.877. The number of carboxylic acids is 1. The molecule has 0 saturated carbocycles. The SMILES string of the molecule is O=C(O)C(O)c1ccc(-c2ccc(OC(F)(F)F)cc2)c(Cl)c1. The van der Waals surface area contributed by atoms with E-state index in [9.17, 15) is 23.1 Å². The molecule has 1 unspecified atom stereocenters. The zero-order valence-electron chi connectivity index (χ0n) is 11.3. The van der Waals surface area contributed by atoms with Crippen LogP contribution in [0.15, 0.2) is 42.5 Å². The number of rotatable bonds is 4. The van der Waals surface area contributed by atoms with Crippen molar-refractivity contribution in [1.82, 2.24) is 0 Å². The van der Waals surface area contributed by atoms with Crippen molar-refractivity contribution in [3.63, 3.8) is 0 Å². The molecule has 0 aliphatic carbocycles. The van der Waals surface area contributed by atoms with Crippen molar-refractivity contribution in [3.05, 3.63) is 53.1 Å². The van der Waals surface area contributed by atoms with Gasteiger partial charge in [0.1, 0.15) is 5.75 Å². The number of alkyl halides is 3. The molecular weight excluding hydrogens is 337 g/mol. The molecule has 2 aromatic carbocycles. The molecule has 2 rings (SSSR count). The van der Waals surface area contributed by atoms with Gasteiger partial charge in [-0.05, 0) is 29.3 Å². The molecule has 0 amide bonds. The van der Waals surface area contributed by atoms with E-state index in [0.29, 0.717) is 11.1 Å². The van der Waals surface area contributed by atoms with Crippen molar-refractivity contribution >= 4 is 17.6 Å². The van der Waals surface area contributed by atoms with Crippen LogP contribution < -0.4 is 4.74 Å². The van der Waals surface area contributed by atoms with Crippen molar-refractivity contribution in [1.29, 1.82) is 0 Å². The number of ether oxygens (including phenoxy) is 1. The molecule has 0 aliphatic heterocycles. The van der Waals surface area contributed by atoms with Crippen LogP contribution in [-0.4, -0.2) is 22.5 Å². The van der Waals surface area contributed by atoms with Crippen LogP contribution in [0.5, 0.6) is 5.75 Å². The molecule has 0 heterocycles. The van der Waals surface area contributed by atoms with Gasteiger partial charge in [0.2, 0.25) is 0 Å². The summed E-state index contributed by atoms with van der Waals surface area (Å²) >= 11 is 6.04. The lowest BCUT2D eigenvalue weighted by Gasteiger charge is -2.11. The maximum absolute atomic E-state index is 12.1. The first kappa shape index (κ1) is 17.1. The minimum absolute atomic E-state index is 0.100. The smallest absolute Gasteiger partial charge is 0.479 e. The van der Waals surface area contributed by atoms with E-state index in [1.54, 1.807) is 0 Å². The summed E-state index contributed by atoms with van der Waals surface area (Å²) in [5, 5.41) is 18.3. The van der Waals surface area contributed by atoms with E-state index in [0.717, 1.165) is 12.1 Å². The standard InChI is InChI=1S/C15H10ClF3O4/c16-12-7-9(13(20)14(21)22)3-6-11(12)8-1-4-10(5-2-8)23-15(17,18)19/h1-7,13,20H,(H,21,22). The summed E-state index contributed by atoms with van der Waals surface area (Å²) in [7, 11) is 0. The van der Waals surface area contributed by atoms with Gasteiger partial charge in [0.15, 0.2) is 6.10 Å². The molecule has 0 saturated heterocycles. The second-order valence-corrected chi connectivity index (χ2v) is 4.96. The van der Waals surface area contributed by atoms with Gasteiger partial charge in [-0.2, -0.15) is 0 Å². The Morgan fingerprint density at radius 3 is 2.22 bits per heavy atom. The number of aliphatic hydroxyl groups excluding tert-OH is 1. The predicted molar refractivity (Wildman–Crippen MR) is 76.2 cm³/mol. The molecule has 8 heteroatoms. The third-order valence-corrected chi connectivity index (χ3v) is 3.25. The van der Waals surface area contributed by atoms with Crippen molar-refractivity contribution < 1.29 is 32.9 Å². The first-order valence-corrected chi connectivity index (χ1v) is 6.61. The summed E-state index contributed by atoms with van der Waals surface area (Å²) in [5.41, 5.74) is 1.09. The van der Waals surface area contributed by atoms with Crippen LogP contribution in [0.1, 0.15) is 11.7 Å². The molecular formula is C15H10ClF3O4. The minimum atomic E-state index is -4.77. The molecule has 0 fully saturated rings. The van der Waals surface area contributed by atoms with Gasteiger partial charge >= 0.3 is 12.3 Å². The molecule has 2 N–H and O–H groups in total. The molecule has 0 aromatic heterocycles. The molecule has 0 radical (unpaired) electrons. The third kappa shape index (κ3) is 4.37. The minimum Gasteiger partial charge on any atom is -0.479 e. The summed E-state index contributed by atoms with van der Waals surface area (Å²) in [4.78, 5) is 10.7. The van der Waals surface area contributed by atoms with Gasteiger partial charge in [-0.3, -0.25) is 0 Å². The third-order valence-electron chi connectivity index (χ3n) is 2.94. The van der Waals surface area contributed by atoms with Gasteiger partial charge in [-0.25, -0.2) is 4.79 Å². The molecule has 2 aromatic rings. The van der Waals surface area contributed by atoms with Crippen molar-refractivity contribution in [3.8, 4) is 16.9 Å². The Balaban J connectivity index is 2.27. The number of aliphatic carboxylic acids is 1. The Labute approximate surface area is 133 Å². The van der Waals surface area contributed by atoms with Gasteiger partial charge in [0.25, 0.3) is 0 Å². The lowest BCUT2D eigenvalue weighted by molar-refractivity contribution is -0.274. The fourth-order valence-electron chi connectivity index (χ4n) is 1.91. The molecule has 4 nitrogen and oxygen atoms in total. The molecule has 0 aliphatic rings. The summed E-state index contributed by atoms with van der Waals surface area (Å²) in [6.45, 7) is 0. The van der Waals surface area contributed by atoms with E-state index >= 15 is 0 Å². The zero-order valence-corrected chi connectivity index (χ0v) is 12.1. The van der Waals surface area contributed by atoms with Gasteiger partial charge < -0.3 is 14.9 Å². The predicted octanol–water partition coefficient (Wildman–Crippen LogP) is 4.02. The van der Waals surface area contributed by atoms with Crippen LogP contribution >= 0.6 is 11.6 Å². The zero-order chi connectivity index (χ0) is 17.2. The Morgan fingerprint density at radius 1 is 1.13 bits per heavy atom. The summed E-state index contributed by atoms with van der Waals surface area (Å²) in [6.07, 6.45) is -6.47. The van der Waals surface area contributed by atoms with E-state index in [1.165, 1.54) is 30.3 Å². The van der Waals surface area contributed by atoms with Crippen molar-refractivity contribution in [2.24, 2.45) is 0 Å². The molecule has 23 heavy (non-hydrogen) atoms. The summed E-state index contributed by atoms with van der Waals surface area (Å²) < 4.78 is 40.1. The van der Waals surface area contributed by atoms with Crippen LogP contribution in [0.4, 0.5) is 13.2 Å². The highest BCUT2D eigenvalue weighted by Gasteiger charge is 2.31. The van der Waals surface area contributed by atoms with E-state index in [-0.39, 0.29) is 16.3 Å².